The lowest BCUT2D eigenvalue weighted by Gasteiger charge is -2.39. The monoisotopic (exact) mass is 505 g/mol. The molecule has 0 aromatic carbocycles. The lowest BCUT2D eigenvalue weighted by atomic mass is 10.2. The zero-order chi connectivity index (χ0) is 25.8. The number of carbonyl (C=O) groups excluding carboxylic acids is 1. The van der Waals surface area contributed by atoms with Crippen LogP contribution in [0.3, 0.4) is 0 Å². The van der Waals surface area contributed by atoms with Gasteiger partial charge in [0.1, 0.15) is 11.4 Å². The van der Waals surface area contributed by atoms with Crippen molar-refractivity contribution in [2.24, 2.45) is 7.05 Å². The van der Waals surface area contributed by atoms with E-state index in [2.05, 4.69) is 25.5 Å². The van der Waals surface area contributed by atoms with Crippen LogP contribution in [0.15, 0.2) is 18.5 Å². The number of likely N-dealkylation sites (N-methyl/N-ethyl adjacent to an activating group) is 1. The molecule has 14 heteroatoms. The number of carbonyl (C=O) groups is 1. The fourth-order valence-corrected chi connectivity index (χ4v) is 4.41. The van der Waals surface area contributed by atoms with Crippen molar-refractivity contribution in [3.05, 3.63) is 41.1 Å². The first kappa shape index (κ1) is 24.0. The zero-order valence-electron chi connectivity index (χ0n) is 20.3. The molecule has 0 bridgehead atoms. The molecule has 1 amide bonds. The molecule has 0 atom stereocenters. The standard InChI is InChI=1S/C22H26F3N9O2/c1-13-18-19(31(2)12-17(35)34(18)21(36-4)5-6-21)29-20(28-13)26-8-14-9-27-33(10-14)11-15-7-16(22(23,24)25)30-32(15)3/h7,9-10H,5-6,8,11-12H2,1-4H3,(H,26,28,29). The number of ether oxygens (including phenoxy) is 1. The van der Waals surface area contributed by atoms with Crippen LogP contribution in [0.25, 0.3) is 0 Å². The number of aryl methyl sites for hydroxylation is 2. The summed E-state index contributed by atoms with van der Waals surface area (Å²) >= 11 is 0. The zero-order valence-corrected chi connectivity index (χ0v) is 20.3. The molecular formula is C22H26F3N9O2. The molecule has 2 aliphatic rings. The van der Waals surface area contributed by atoms with E-state index >= 15 is 0 Å². The Morgan fingerprint density at radius 3 is 2.61 bits per heavy atom. The number of hydrogen-bond acceptors (Lipinski definition) is 8. The molecule has 3 aromatic rings. The largest absolute Gasteiger partial charge is 0.435 e. The van der Waals surface area contributed by atoms with Gasteiger partial charge < -0.3 is 15.0 Å². The molecule has 0 unspecified atom stereocenters. The smallest absolute Gasteiger partial charge is 0.358 e. The summed E-state index contributed by atoms with van der Waals surface area (Å²) in [5, 5.41) is 11.0. The van der Waals surface area contributed by atoms with Gasteiger partial charge in [0.05, 0.1) is 30.7 Å². The normalized spacial score (nSPS) is 16.9. The second kappa shape index (κ2) is 8.47. The van der Waals surface area contributed by atoms with Crippen molar-refractivity contribution in [1.29, 1.82) is 0 Å². The number of amides is 1. The van der Waals surface area contributed by atoms with Crippen molar-refractivity contribution in [3.63, 3.8) is 0 Å². The van der Waals surface area contributed by atoms with Crippen LogP contribution in [0.2, 0.25) is 0 Å². The Bertz CT molecular complexity index is 1310. The summed E-state index contributed by atoms with van der Waals surface area (Å²) in [5.41, 5.74) is 0.926. The lowest BCUT2D eigenvalue weighted by molar-refractivity contribution is -0.141. The molecule has 4 heterocycles. The molecule has 0 saturated heterocycles. The predicted molar refractivity (Wildman–Crippen MR) is 123 cm³/mol. The molecule has 0 radical (unpaired) electrons. The minimum Gasteiger partial charge on any atom is -0.358 e. The van der Waals surface area contributed by atoms with Crippen molar-refractivity contribution in [2.75, 3.05) is 35.8 Å². The highest BCUT2D eigenvalue weighted by Gasteiger charge is 2.54. The van der Waals surface area contributed by atoms with Gasteiger partial charge in [-0.25, -0.2) is 4.98 Å². The first-order valence-corrected chi connectivity index (χ1v) is 11.3. The molecule has 1 fully saturated rings. The predicted octanol–water partition coefficient (Wildman–Crippen LogP) is 2.31. The van der Waals surface area contributed by atoms with E-state index in [4.69, 9.17) is 4.74 Å². The third kappa shape index (κ3) is 4.25. The summed E-state index contributed by atoms with van der Waals surface area (Å²) in [6, 6.07) is 1.02. The Labute approximate surface area is 204 Å². The van der Waals surface area contributed by atoms with Crippen molar-refractivity contribution < 1.29 is 22.7 Å². The van der Waals surface area contributed by atoms with E-state index in [9.17, 15) is 18.0 Å². The Balaban J connectivity index is 1.31. The fraction of sp³-hybridized carbons (Fsp3) is 0.500. The number of anilines is 3. The summed E-state index contributed by atoms with van der Waals surface area (Å²) in [7, 11) is 4.88. The Morgan fingerprint density at radius 2 is 1.97 bits per heavy atom. The third-order valence-electron chi connectivity index (χ3n) is 6.44. The van der Waals surface area contributed by atoms with E-state index in [1.165, 1.54) is 11.7 Å². The number of fused-ring (bicyclic) bond motifs is 1. The number of alkyl halides is 3. The average Bonchev–Trinajstić information content (AvgIpc) is 3.31. The quantitative estimate of drug-likeness (QED) is 0.522. The molecule has 1 aliphatic heterocycles. The van der Waals surface area contributed by atoms with Gasteiger partial charge in [-0.3, -0.25) is 19.1 Å². The summed E-state index contributed by atoms with van der Waals surface area (Å²) in [6.07, 6.45) is 0.390. The van der Waals surface area contributed by atoms with E-state index in [0.717, 1.165) is 24.5 Å². The van der Waals surface area contributed by atoms with Gasteiger partial charge in [0, 0.05) is 52.4 Å². The highest BCUT2D eigenvalue weighted by molar-refractivity contribution is 6.04. The van der Waals surface area contributed by atoms with Crippen LogP contribution in [0.4, 0.5) is 30.6 Å². The van der Waals surface area contributed by atoms with Crippen LogP contribution in [0, 0.1) is 6.92 Å². The number of halogens is 3. The highest BCUT2D eigenvalue weighted by Crippen LogP contribution is 2.49. The van der Waals surface area contributed by atoms with Gasteiger partial charge in [0.25, 0.3) is 0 Å². The number of nitrogens with zero attached hydrogens (tertiary/aromatic N) is 8. The molecular weight excluding hydrogens is 479 g/mol. The average molecular weight is 506 g/mol. The topological polar surface area (TPSA) is 106 Å². The van der Waals surface area contributed by atoms with Crippen LogP contribution >= 0.6 is 0 Å². The van der Waals surface area contributed by atoms with E-state index in [0.29, 0.717) is 35.4 Å². The number of aromatic nitrogens is 6. The minimum absolute atomic E-state index is 0.0556. The van der Waals surface area contributed by atoms with Crippen LogP contribution in [0.5, 0.6) is 0 Å². The van der Waals surface area contributed by atoms with Gasteiger partial charge >= 0.3 is 6.18 Å². The SMILES string of the molecule is COC1(N2C(=O)CN(C)c3nc(NCc4cnn(Cc5cc(C(F)(F)F)nn5C)c4)nc(C)c32)CC1. The van der Waals surface area contributed by atoms with Crippen molar-refractivity contribution in [1.82, 2.24) is 29.5 Å². The molecule has 11 nitrogen and oxygen atoms in total. The number of hydrogen-bond donors (Lipinski definition) is 1. The van der Waals surface area contributed by atoms with Crippen LogP contribution in [0.1, 0.15) is 35.5 Å². The molecule has 1 saturated carbocycles. The molecule has 192 valence electrons. The number of nitrogens with one attached hydrogen (secondary N) is 1. The lowest BCUT2D eigenvalue weighted by Crippen LogP contribution is -2.52. The fourth-order valence-electron chi connectivity index (χ4n) is 4.41. The maximum atomic E-state index is 12.9. The van der Waals surface area contributed by atoms with Gasteiger partial charge in [-0.1, -0.05) is 0 Å². The molecule has 1 aliphatic carbocycles. The Hall–Kier alpha value is -3.68. The maximum Gasteiger partial charge on any atom is 0.435 e. The second-order valence-corrected chi connectivity index (χ2v) is 9.08. The molecule has 36 heavy (non-hydrogen) atoms. The van der Waals surface area contributed by atoms with Crippen LogP contribution in [-0.2, 0) is 35.8 Å². The molecule has 1 N–H and O–H groups in total. The molecule has 3 aromatic heterocycles. The Kier molecular flexibility index (Phi) is 5.65. The summed E-state index contributed by atoms with van der Waals surface area (Å²) in [5.74, 6) is 0.976. The van der Waals surface area contributed by atoms with Gasteiger partial charge in [-0.2, -0.15) is 28.4 Å². The number of rotatable bonds is 7. The van der Waals surface area contributed by atoms with Crippen LogP contribution < -0.4 is 15.1 Å². The van der Waals surface area contributed by atoms with Gasteiger partial charge in [0.2, 0.25) is 11.9 Å². The first-order valence-electron chi connectivity index (χ1n) is 11.3. The minimum atomic E-state index is -4.50. The van der Waals surface area contributed by atoms with Gasteiger partial charge in [-0.05, 0) is 13.0 Å². The van der Waals surface area contributed by atoms with E-state index < -0.39 is 17.6 Å². The maximum absolute atomic E-state index is 12.9. The summed E-state index contributed by atoms with van der Waals surface area (Å²) in [4.78, 5) is 25.5. The third-order valence-corrected chi connectivity index (χ3v) is 6.44. The number of methoxy groups -OCH3 is 1. The van der Waals surface area contributed by atoms with Crippen molar-refractivity contribution in [2.45, 2.75) is 44.8 Å². The molecule has 0 spiro atoms. The van der Waals surface area contributed by atoms with E-state index in [1.54, 1.807) is 34.0 Å². The van der Waals surface area contributed by atoms with E-state index in [1.807, 2.05) is 14.0 Å². The molecule has 5 rings (SSSR count). The summed E-state index contributed by atoms with van der Waals surface area (Å²) < 4.78 is 47.2. The van der Waals surface area contributed by atoms with Crippen molar-refractivity contribution in [3.8, 4) is 0 Å². The van der Waals surface area contributed by atoms with Gasteiger partial charge in [-0.15, -0.1) is 0 Å². The van der Waals surface area contributed by atoms with E-state index in [-0.39, 0.29) is 19.0 Å². The summed E-state index contributed by atoms with van der Waals surface area (Å²) in [6.45, 7) is 2.51. The van der Waals surface area contributed by atoms with Crippen LogP contribution in [-0.4, -0.2) is 61.9 Å². The highest BCUT2D eigenvalue weighted by atomic mass is 19.4. The van der Waals surface area contributed by atoms with Gasteiger partial charge in [0.15, 0.2) is 11.5 Å². The van der Waals surface area contributed by atoms with Crippen molar-refractivity contribution >= 4 is 23.4 Å². The first-order chi connectivity index (χ1) is 17.0. The second-order valence-electron chi connectivity index (χ2n) is 9.08. The Morgan fingerprint density at radius 1 is 1.22 bits per heavy atom.